The Balaban J connectivity index is 6.03. The minimum atomic E-state index is -1.58. The average molecular weight is 415 g/mol. The Morgan fingerprint density at radius 2 is 1.10 bits per heavy atom. The SMILES string of the molecule is C#CC(C)(C)OC(OC(C)(C)C#C)(OC(C)(C)C#C)C(C=C)CCCCCCCC. The third kappa shape index (κ3) is 9.87. The maximum Gasteiger partial charge on any atom is 0.293 e. The van der Waals surface area contributed by atoms with Crippen molar-refractivity contribution >= 4 is 0 Å². The van der Waals surface area contributed by atoms with Crippen molar-refractivity contribution in [2.45, 2.75) is 116 Å². The van der Waals surface area contributed by atoms with Gasteiger partial charge < -0.3 is 14.2 Å². The van der Waals surface area contributed by atoms with Crippen LogP contribution in [0.4, 0.5) is 0 Å². The molecule has 0 N–H and O–H groups in total. The van der Waals surface area contributed by atoms with Gasteiger partial charge in [-0.05, 0) is 48.0 Å². The molecular formula is C27H42O3. The standard InChI is InChI=1S/C27H42O3/c1-12-17-18-19-20-21-22-23(13-2)27(28-24(6,7)14-3,29-25(8,9)15-4)30-26(10,11)16-5/h3-5,13,23H,2,12,17-22H2,1,6-11H3. The van der Waals surface area contributed by atoms with Crippen molar-refractivity contribution in [1.82, 2.24) is 0 Å². The van der Waals surface area contributed by atoms with Crippen LogP contribution in [-0.4, -0.2) is 22.8 Å². The highest BCUT2D eigenvalue weighted by molar-refractivity contribution is 5.09. The number of ether oxygens (including phenoxy) is 3. The summed E-state index contributed by atoms with van der Waals surface area (Å²) in [7, 11) is 0. The molecule has 0 saturated heterocycles. The second-order valence-electron chi connectivity index (χ2n) is 9.27. The van der Waals surface area contributed by atoms with Gasteiger partial charge in [0.05, 0.1) is 5.92 Å². The third-order valence-corrected chi connectivity index (χ3v) is 4.84. The van der Waals surface area contributed by atoms with Crippen LogP contribution in [0.15, 0.2) is 12.7 Å². The highest BCUT2D eigenvalue weighted by Gasteiger charge is 2.51. The maximum atomic E-state index is 6.36. The molecule has 0 aliphatic carbocycles. The van der Waals surface area contributed by atoms with Gasteiger partial charge in [0.2, 0.25) is 0 Å². The first-order chi connectivity index (χ1) is 13.8. The van der Waals surface area contributed by atoms with Gasteiger partial charge in [-0.3, -0.25) is 0 Å². The highest BCUT2D eigenvalue weighted by atomic mass is 16.9. The van der Waals surface area contributed by atoms with Gasteiger partial charge in [0.1, 0.15) is 16.8 Å². The van der Waals surface area contributed by atoms with E-state index in [-0.39, 0.29) is 5.92 Å². The summed E-state index contributed by atoms with van der Waals surface area (Å²) in [6.45, 7) is 16.9. The molecule has 30 heavy (non-hydrogen) atoms. The second kappa shape index (κ2) is 12.2. The number of rotatable bonds is 15. The quantitative estimate of drug-likeness (QED) is 0.133. The molecular weight excluding hydrogens is 372 g/mol. The van der Waals surface area contributed by atoms with E-state index in [0.717, 1.165) is 19.3 Å². The highest BCUT2D eigenvalue weighted by Crippen LogP contribution is 2.40. The van der Waals surface area contributed by atoms with E-state index < -0.39 is 22.8 Å². The van der Waals surface area contributed by atoms with Crippen molar-refractivity contribution in [1.29, 1.82) is 0 Å². The van der Waals surface area contributed by atoms with E-state index in [2.05, 4.69) is 31.3 Å². The molecule has 0 bridgehead atoms. The first-order valence-electron chi connectivity index (χ1n) is 11.0. The molecule has 1 unspecified atom stereocenters. The minimum Gasteiger partial charge on any atom is -0.308 e. The van der Waals surface area contributed by atoms with Crippen LogP contribution in [0.3, 0.4) is 0 Å². The summed E-state index contributed by atoms with van der Waals surface area (Å²) in [6.07, 6.45) is 26.7. The van der Waals surface area contributed by atoms with Crippen LogP contribution in [0, 0.1) is 42.9 Å². The monoisotopic (exact) mass is 414 g/mol. The van der Waals surface area contributed by atoms with Crippen molar-refractivity contribution < 1.29 is 14.2 Å². The molecule has 0 saturated carbocycles. The van der Waals surface area contributed by atoms with Crippen LogP contribution in [0.1, 0.15) is 93.4 Å². The Morgan fingerprint density at radius 1 is 0.733 bits per heavy atom. The molecule has 0 fully saturated rings. The molecule has 0 aromatic heterocycles. The predicted octanol–water partition coefficient (Wildman–Crippen LogP) is 6.48. The van der Waals surface area contributed by atoms with Crippen LogP contribution < -0.4 is 0 Å². The van der Waals surface area contributed by atoms with E-state index in [4.69, 9.17) is 33.5 Å². The van der Waals surface area contributed by atoms with Gasteiger partial charge in [-0.25, -0.2) is 0 Å². The largest absolute Gasteiger partial charge is 0.308 e. The zero-order valence-corrected chi connectivity index (χ0v) is 20.3. The Labute approximate surface area is 186 Å². The van der Waals surface area contributed by atoms with Crippen LogP contribution in [0.2, 0.25) is 0 Å². The Hall–Kier alpha value is -1.70. The van der Waals surface area contributed by atoms with E-state index in [0.29, 0.717) is 0 Å². The molecule has 0 aliphatic heterocycles. The smallest absolute Gasteiger partial charge is 0.293 e. The average Bonchev–Trinajstić information content (AvgIpc) is 2.66. The summed E-state index contributed by atoms with van der Waals surface area (Å²) in [5, 5.41) is 0. The first kappa shape index (κ1) is 28.3. The van der Waals surface area contributed by atoms with E-state index in [1.165, 1.54) is 25.7 Å². The fourth-order valence-electron chi connectivity index (χ4n) is 3.03. The molecule has 3 nitrogen and oxygen atoms in total. The van der Waals surface area contributed by atoms with Gasteiger partial charge in [-0.2, -0.15) is 0 Å². The molecule has 3 heteroatoms. The van der Waals surface area contributed by atoms with Gasteiger partial charge in [0.15, 0.2) is 0 Å². The lowest BCUT2D eigenvalue weighted by Crippen LogP contribution is -2.57. The van der Waals surface area contributed by atoms with Crippen LogP contribution in [0.5, 0.6) is 0 Å². The normalized spacial score (nSPS) is 13.7. The maximum absolute atomic E-state index is 6.36. The summed E-state index contributed by atoms with van der Waals surface area (Å²) < 4.78 is 19.1. The van der Waals surface area contributed by atoms with Crippen LogP contribution >= 0.6 is 0 Å². The van der Waals surface area contributed by atoms with E-state index in [1.807, 2.05) is 0 Å². The number of hydrogen-bond acceptors (Lipinski definition) is 3. The Morgan fingerprint density at radius 3 is 1.43 bits per heavy atom. The molecule has 0 aromatic carbocycles. The molecule has 0 heterocycles. The lowest BCUT2D eigenvalue weighted by atomic mass is 9.95. The Bertz CT molecular complexity index is 580. The number of hydrogen-bond donors (Lipinski definition) is 0. The molecule has 0 amide bonds. The Kier molecular flexibility index (Phi) is 11.5. The van der Waals surface area contributed by atoms with Crippen molar-refractivity contribution in [2.75, 3.05) is 0 Å². The van der Waals surface area contributed by atoms with Gasteiger partial charge in [0, 0.05) is 0 Å². The summed E-state index contributed by atoms with van der Waals surface area (Å²) in [6, 6.07) is 0. The van der Waals surface area contributed by atoms with Gasteiger partial charge in [-0.15, -0.1) is 25.8 Å². The molecule has 0 aromatic rings. The molecule has 0 aliphatic rings. The second-order valence-corrected chi connectivity index (χ2v) is 9.27. The van der Waals surface area contributed by atoms with Crippen molar-refractivity contribution in [3.63, 3.8) is 0 Å². The van der Waals surface area contributed by atoms with Gasteiger partial charge >= 0.3 is 0 Å². The van der Waals surface area contributed by atoms with Gasteiger partial charge in [-0.1, -0.05) is 69.3 Å². The topological polar surface area (TPSA) is 27.7 Å². The van der Waals surface area contributed by atoms with E-state index in [9.17, 15) is 0 Å². The summed E-state index contributed by atoms with van der Waals surface area (Å²) >= 11 is 0. The van der Waals surface area contributed by atoms with Crippen molar-refractivity contribution in [2.24, 2.45) is 5.92 Å². The molecule has 0 radical (unpaired) electrons. The van der Waals surface area contributed by atoms with Crippen molar-refractivity contribution in [3.8, 4) is 37.0 Å². The summed E-state index contributed by atoms with van der Waals surface area (Å²) in [5.74, 6) is 6.06. The predicted molar refractivity (Wildman–Crippen MR) is 126 cm³/mol. The van der Waals surface area contributed by atoms with Crippen LogP contribution in [-0.2, 0) is 14.2 Å². The molecule has 1 atom stereocenters. The molecule has 0 rings (SSSR count). The first-order valence-corrected chi connectivity index (χ1v) is 11.0. The van der Waals surface area contributed by atoms with E-state index >= 15 is 0 Å². The number of terminal acetylenes is 3. The fourth-order valence-corrected chi connectivity index (χ4v) is 3.03. The number of unbranched alkanes of at least 4 members (excludes halogenated alkanes) is 5. The third-order valence-electron chi connectivity index (χ3n) is 4.84. The minimum absolute atomic E-state index is 0.323. The summed E-state index contributed by atoms with van der Waals surface area (Å²) in [4.78, 5) is 0. The zero-order chi connectivity index (χ0) is 23.5. The lowest BCUT2D eigenvalue weighted by Gasteiger charge is -2.47. The molecule has 168 valence electrons. The van der Waals surface area contributed by atoms with Crippen LogP contribution in [0.25, 0.3) is 0 Å². The fraction of sp³-hybridized carbons (Fsp3) is 0.704. The van der Waals surface area contributed by atoms with Crippen molar-refractivity contribution in [3.05, 3.63) is 12.7 Å². The summed E-state index contributed by atoms with van der Waals surface area (Å²) in [5.41, 5.74) is -2.92. The lowest BCUT2D eigenvalue weighted by molar-refractivity contribution is -0.450. The van der Waals surface area contributed by atoms with E-state index in [1.54, 1.807) is 47.6 Å². The zero-order valence-electron chi connectivity index (χ0n) is 20.3. The van der Waals surface area contributed by atoms with Gasteiger partial charge in [0.25, 0.3) is 5.97 Å². The molecule has 0 spiro atoms.